The number of carbonyl (C=O) groups is 1. The van der Waals surface area contributed by atoms with Gasteiger partial charge in [-0.25, -0.2) is 9.97 Å². The molecule has 1 unspecified atom stereocenters. The lowest BCUT2D eigenvalue weighted by Crippen LogP contribution is -2.46. The average molecular weight is 454 g/mol. The number of nitriles is 1. The van der Waals surface area contributed by atoms with Gasteiger partial charge in [-0.2, -0.15) is 5.26 Å². The Morgan fingerprint density at radius 2 is 2.13 bits per heavy atom. The molecule has 9 heteroatoms. The molecule has 2 aromatic rings. The van der Waals surface area contributed by atoms with Gasteiger partial charge in [0.15, 0.2) is 8.32 Å². The van der Waals surface area contributed by atoms with Crippen molar-refractivity contribution in [3.63, 3.8) is 0 Å². The van der Waals surface area contributed by atoms with Crippen LogP contribution in [0.15, 0.2) is 24.4 Å². The normalized spacial score (nSPS) is 18.5. The summed E-state index contributed by atoms with van der Waals surface area (Å²) in [4.78, 5) is 21.4. The van der Waals surface area contributed by atoms with Crippen molar-refractivity contribution in [2.45, 2.75) is 51.2 Å². The number of anilines is 1. The molecule has 161 valence electrons. The number of halogens is 1. The second kappa shape index (κ2) is 8.38. The second-order valence-electron chi connectivity index (χ2n) is 9.77. The van der Waals surface area contributed by atoms with E-state index >= 15 is 0 Å². The highest BCUT2D eigenvalue weighted by Crippen LogP contribution is 2.46. The molecule has 1 aliphatic rings. The first-order chi connectivity index (χ1) is 14.4. The van der Waals surface area contributed by atoms with Crippen LogP contribution in [0.2, 0.25) is 23.4 Å². The number of carbonyl (C=O) groups excluding carboxylic acids is 1. The molecule has 0 bridgehead atoms. The van der Waals surface area contributed by atoms with Gasteiger partial charge >= 0.3 is 7.41 Å². The van der Waals surface area contributed by atoms with Crippen LogP contribution in [0.4, 0.5) is 5.69 Å². The number of hydrogen-bond donors (Lipinski definition) is 0. The van der Waals surface area contributed by atoms with E-state index < -0.39 is 13.7 Å². The van der Waals surface area contributed by atoms with Gasteiger partial charge in [0, 0.05) is 36.0 Å². The van der Waals surface area contributed by atoms with Crippen molar-refractivity contribution in [2.24, 2.45) is 0 Å². The zero-order valence-corrected chi connectivity index (χ0v) is 20.6. The van der Waals surface area contributed by atoms with Crippen molar-refractivity contribution in [2.75, 3.05) is 18.0 Å². The van der Waals surface area contributed by atoms with E-state index in [4.69, 9.17) is 16.0 Å². The number of hydrogen-bond acceptors (Lipinski definition) is 6. The molecular formula is C22H27BClN4O2Si. The third kappa shape index (κ3) is 4.54. The Morgan fingerprint density at radius 1 is 1.42 bits per heavy atom. The Kier molecular flexibility index (Phi) is 6.34. The van der Waals surface area contributed by atoms with Crippen molar-refractivity contribution < 1.29 is 9.22 Å². The monoisotopic (exact) mass is 453 g/mol. The summed E-state index contributed by atoms with van der Waals surface area (Å²) < 4.78 is 6.58. The Balaban J connectivity index is 2.11. The fraction of sp³-hybridized carbons (Fsp3) is 0.455. The number of benzene rings is 1. The van der Waals surface area contributed by atoms with Crippen LogP contribution in [0.3, 0.4) is 0 Å². The highest BCUT2D eigenvalue weighted by molar-refractivity contribution is 6.74. The molecule has 6 nitrogen and oxygen atoms in total. The Morgan fingerprint density at radius 3 is 2.71 bits per heavy atom. The third-order valence-electron chi connectivity index (χ3n) is 6.41. The van der Waals surface area contributed by atoms with E-state index in [0.29, 0.717) is 24.4 Å². The van der Waals surface area contributed by atoms with Gasteiger partial charge in [0.25, 0.3) is 0 Å². The molecule has 1 radical (unpaired) electrons. The summed E-state index contributed by atoms with van der Waals surface area (Å²) >= 11 is 5.99. The standard InChI is InChI=1S/C22H27BClN4O2Si/c1-21(2,3)31(5,6)30-13-22(4)12-28(23-14-29)19-16(11-25)9-15(10-17(19)22)18-7-8-26-20(24)27-18/h7-10,14H,12-13H2,1-6H3. The van der Waals surface area contributed by atoms with Crippen molar-refractivity contribution in [1.82, 2.24) is 9.97 Å². The van der Waals surface area contributed by atoms with Crippen LogP contribution in [0.1, 0.15) is 38.8 Å². The number of nitrogens with zero attached hydrogens (tertiary/aromatic N) is 4. The summed E-state index contributed by atoms with van der Waals surface area (Å²) in [5, 5.41) is 10.1. The second-order valence-corrected chi connectivity index (χ2v) is 14.9. The summed E-state index contributed by atoms with van der Waals surface area (Å²) in [5.74, 6) is 0. The maximum Gasteiger partial charge on any atom is 0.329 e. The van der Waals surface area contributed by atoms with Gasteiger partial charge < -0.3 is 14.0 Å². The minimum atomic E-state index is -1.99. The van der Waals surface area contributed by atoms with E-state index in [0.717, 1.165) is 23.0 Å². The average Bonchev–Trinajstić information content (AvgIpc) is 2.98. The Labute approximate surface area is 191 Å². The summed E-state index contributed by atoms with van der Waals surface area (Å²) in [5.41, 5.74) is 3.23. The van der Waals surface area contributed by atoms with Crippen LogP contribution in [-0.4, -0.2) is 45.0 Å². The van der Waals surface area contributed by atoms with Crippen molar-refractivity contribution in [1.29, 1.82) is 5.26 Å². The van der Waals surface area contributed by atoms with Crippen LogP contribution in [0.5, 0.6) is 0 Å². The molecule has 0 fully saturated rings. The molecule has 1 atom stereocenters. The summed E-state index contributed by atoms with van der Waals surface area (Å²) in [7, 11) is -0.505. The molecule has 0 saturated carbocycles. The van der Waals surface area contributed by atoms with E-state index in [1.807, 2.05) is 10.9 Å². The molecule has 1 aliphatic heterocycles. The zero-order valence-electron chi connectivity index (χ0n) is 18.9. The Bertz CT molecular complexity index is 1050. The van der Waals surface area contributed by atoms with Crippen LogP contribution in [-0.2, 0) is 14.6 Å². The van der Waals surface area contributed by atoms with Gasteiger partial charge in [-0.15, -0.1) is 0 Å². The predicted octanol–water partition coefficient (Wildman–Crippen LogP) is 4.58. The van der Waals surface area contributed by atoms with Crippen LogP contribution in [0, 0.1) is 11.3 Å². The van der Waals surface area contributed by atoms with Gasteiger partial charge in [0.2, 0.25) is 5.28 Å². The first-order valence-corrected chi connectivity index (χ1v) is 13.5. The van der Waals surface area contributed by atoms with E-state index in [9.17, 15) is 10.1 Å². The molecule has 0 aliphatic carbocycles. The smallest absolute Gasteiger partial charge is 0.329 e. The first kappa shape index (κ1) is 23.5. The maximum atomic E-state index is 11.3. The van der Waals surface area contributed by atoms with Crippen LogP contribution < -0.4 is 4.81 Å². The fourth-order valence-electron chi connectivity index (χ4n) is 3.55. The van der Waals surface area contributed by atoms with Gasteiger partial charge in [-0.05, 0) is 53.5 Å². The summed E-state index contributed by atoms with van der Waals surface area (Å²) in [6, 6.07) is 7.87. The van der Waals surface area contributed by atoms with Gasteiger partial charge in [-0.1, -0.05) is 27.7 Å². The summed E-state index contributed by atoms with van der Waals surface area (Å²) in [6.45, 7) is 14.2. The number of fused-ring (bicyclic) bond motifs is 1. The highest BCUT2D eigenvalue weighted by atomic mass is 35.5. The topological polar surface area (TPSA) is 79.1 Å². The zero-order chi connectivity index (χ0) is 23.0. The van der Waals surface area contributed by atoms with E-state index in [-0.39, 0.29) is 10.3 Å². The van der Waals surface area contributed by atoms with Crippen LogP contribution in [0.25, 0.3) is 11.3 Å². The van der Waals surface area contributed by atoms with Gasteiger partial charge in [-0.3, -0.25) is 0 Å². The van der Waals surface area contributed by atoms with E-state index in [2.05, 4.69) is 56.8 Å². The number of aromatic nitrogens is 2. The first-order valence-electron chi connectivity index (χ1n) is 10.2. The quantitative estimate of drug-likeness (QED) is 0.362. The fourth-order valence-corrected chi connectivity index (χ4v) is 4.81. The lowest BCUT2D eigenvalue weighted by atomic mass is 9.83. The molecular weight excluding hydrogens is 427 g/mol. The minimum Gasteiger partial charge on any atom is -0.416 e. The molecule has 1 aromatic carbocycles. The summed E-state index contributed by atoms with van der Waals surface area (Å²) in [6.07, 6.45) is 2.35. The van der Waals surface area contributed by atoms with Crippen molar-refractivity contribution >= 4 is 39.2 Å². The molecule has 31 heavy (non-hydrogen) atoms. The van der Waals surface area contributed by atoms with Gasteiger partial charge in [0.05, 0.1) is 11.3 Å². The lowest BCUT2D eigenvalue weighted by molar-refractivity contribution is 0.219. The molecule has 0 amide bonds. The lowest BCUT2D eigenvalue weighted by Gasteiger charge is -2.39. The van der Waals surface area contributed by atoms with Crippen LogP contribution >= 0.6 is 11.6 Å². The molecule has 2 heterocycles. The minimum absolute atomic E-state index is 0.0801. The largest absolute Gasteiger partial charge is 0.416 e. The maximum absolute atomic E-state index is 11.3. The molecule has 1 aromatic heterocycles. The van der Waals surface area contributed by atoms with Crippen molar-refractivity contribution in [3.05, 3.63) is 40.8 Å². The highest BCUT2D eigenvalue weighted by Gasteiger charge is 2.44. The Hall–Kier alpha value is -2.21. The third-order valence-corrected chi connectivity index (χ3v) is 11.1. The van der Waals surface area contributed by atoms with E-state index in [1.54, 1.807) is 18.3 Å². The predicted molar refractivity (Wildman–Crippen MR) is 128 cm³/mol. The molecule has 0 saturated heterocycles. The SMILES string of the molecule is CC1(CO[Si](C)(C)C(C)(C)C)CN([B]C=O)c2c(C#N)cc(-c3ccnc(Cl)n3)cc21. The molecule has 3 rings (SSSR count). The van der Waals surface area contributed by atoms with Crippen molar-refractivity contribution in [3.8, 4) is 17.3 Å². The number of rotatable bonds is 6. The molecule has 0 spiro atoms. The van der Waals surface area contributed by atoms with Gasteiger partial charge in [0.1, 0.15) is 12.3 Å². The van der Waals surface area contributed by atoms with E-state index in [1.165, 1.54) is 7.41 Å². The molecule has 0 N–H and O–H groups in total.